The number of hydrogen-bond donors (Lipinski definition) is 2. The van der Waals surface area contributed by atoms with Crippen molar-refractivity contribution in [1.82, 2.24) is 0 Å². The summed E-state index contributed by atoms with van der Waals surface area (Å²) in [5.41, 5.74) is -9.12. The zero-order valence-corrected chi connectivity index (χ0v) is 20.9. The fraction of sp³-hybridized carbons (Fsp3) is 0.231. The molecule has 3 aromatic carbocycles. The van der Waals surface area contributed by atoms with Gasteiger partial charge in [-0.05, 0) is 54.8 Å². The predicted octanol–water partition coefficient (Wildman–Crippen LogP) is 8.14. The Bertz CT molecular complexity index is 1410. The first-order valence-corrected chi connectivity index (χ1v) is 11.5. The van der Waals surface area contributed by atoms with Gasteiger partial charge in [-0.3, -0.25) is 9.59 Å². The molecule has 3 rings (SSSR count). The van der Waals surface area contributed by atoms with E-state index in [0.717, 1.165) is 19.1 Å². The van der Waals surface area contributed by atoms with Crippen molar-refractivity contribution in [1.29, 1.82) is 0 Å². The molecule has 0 unspecified atom stereocenters. The normalized spacial score (nSPS) is 12.3. The number of rotatable bonds is 6. The quantitative estimate of drug-likeness (QED) is 0.290. The molecule has 0 aliphatic rings. The van der Waals surface area contributed by atoms with E-state index in [1.165, 1.54) is 31.2 Å². The molecule has 0 aliphatic heterocycles. The molecule has 0 radical (unpaired) electrons. The van der Waals surface area contributed by atoms with Crippen LogP contribution in [-0.2, 0) is 12.1 Å². The average molecular weight is 579 g/mol. The minimum atomic E-state index is -6.31. The van der Waals surface area contributed by atoms with E-state index in [4.69, 9.17) is 11.6 Å². The van der Waals surface area contributed by atoms with Crippen molar-refractivity contribution < 1.29 is 44.7 Å². The van der Waals surface area contributed by atoms with Crippen molar-refractivity contribution in [3.05, 3.63) is 93.3 Å². The summed E-state index contributed by atoms with van der Waals surface area (Å²) in [7, 11) is 0. The summed E-state index contributed by atoms with van der Waals surface area (Å²) in [6.07, 6.45) is -12.8. The third-order valence-electron chi connectivity index (χ3n) is 5.83. The molecule has 4 nitrogen and oxygen atoms in total. The molecule has 208 valence electrons. The van der Waals surface area contributed by atoms with Crippen molar-refractivity contribution in [3.63, 3.8) is 0 Å². The van der Waals surface area contributed by atoms with Gasteiger partial charge in [0.05, 0.1) is 21.8 Å². The van der Waals surface area contributed by atoms with Crippen LogP contribution in [0.25, 0.3) is 0 Å². The van der Waals surface area contributed by atoms with Crippen molar-refractivity contribution in [3.8, 4) is 0 Å². The maximum atomic E-state index is 15.2. The molecule has 2 amide bonds. The van der Waals surface area contributed by atoms with Gasteiger partial charge in [0.1, 0.15) is 0 Å². The summed E-state index contributed by atoms with van der Waals surface area (Å²) in [5.74, 6) is -3.06. The highest BCUT2D eigenvalue weighted by Crippen LogP contribution is 2.54. The Morgan fingerprint density at radius 3 is 1.95 bits per heavy atom. The molecule has 0 saturated heterocycles. The Morgan fingerprint density at radius 1 is 0.821 bits per heavy atom. The summed E-state index contributed by atoms with van der Waals surface area (Å²) in [5, 5.41) is 4.63. The van der Waals surface area contributed by atoms with Crippen LogP contribution < -0.4 is 10.6 Å². The fourth-order valence-corrected chi connectivity index (χ4v) is 4.05. The zero-order chi connectivity index (χ0) is 29.3. The highest BCUT2D eigenvalue weighted by molar-refractivity contribution is 6.34. The topological polar surface area (TPSA) is 58.2 Å². The highest BCUT2D eigenvalue weighted by atomic mass is 35.5. The molecule has 0 aliphatic carbocycles. The smallest absolute Gasteiger partial charge is 0.321 e. The molecule has 39 heavy (non-hydrogen) atoms. The number of hydrogen-bond acceptors (Lipinski definition) is 2. The maximum Gasteiger partial charge on any atom is 0.435 e. The van der Waals surface area contributed by atoms with Crippen LogP contribution in [0.1, 0.15) is 44.3 Å². The van der Waals surface area contributed by atoms with Gasteiger partial charge in [-0.15, -0.1) is 0 Å². The maximum absolute atomic E-state index is 15.2. The number of benzene rings is 3. The van der Waals surface area contributed by atoms with Crippen molar-refractivity contribution in [2.75, 3.05) is 10.6 Å². The van der Waals surface area contributed by atoms with E-state index < -0.39 is 52.5 Å². The number of amides is 2. The summed E-state index contributed by atoms with van der Waals surface area (Å²) < 4.78 is 109. The van der Waals surface area contributed by atoms with E-state index in [9.17, 15) is 40.3 Å². The minimum absolute atomic E-state index is 0.0263. The standard InChI is InChI=1S/C26H19ClF8N2O2/c1-3-14-12-15(24(29,25(30,31)32)26(33,34)35)11-13(2)21(14)37-23(39)17-8-6-10-19(20(17)28)36-22(38)16-7-4-5-9-18(16)27/h4-12H,3H2,1-2H3,(H,36,38)(H,37,39). The van der Waals surface area contributed by atoms with Crippen molar-refractivity contribution in [2.24, 2.45) is 0 Å². The first-order chi connectivity index (χ1) is 18.0. The van der Waals surface area contributed by atoms with Gasteiger partial charge < -0.3 is 10.6 Å². The molecular formula is C26H19ClF8N2O2. The third-order valence-corrected chi connectivity index (χ3v) is 6.16. The van der Waals surface area contributed by atoms with Gasteiger partial charge >= 0.3 is 18.0 Å². The number of alkyl halides is 7. The van der Waals surface area contributed by atoms with Crippen LogP contribution in [0.4, 0.5) is 46.5 Å². The second-order valence-electron chi connectivity index (χ2n) is 8.39. The lowest BCUT2D eigenvalue weighted by Gasteiger charge is -2.31. The van der Waals surface area contributed by atoms with Crippen LogP contribution in [0, 0.1) is 12.7 Å². The monoisotopic (exact) mass is 578 g/mol. The van der Waals surface area contributed by atoms with Crippen LogP contribution >= 0.6 is 11.6 Å². The SMILES string of the molecule is CCc1cc(C(F)(C(F)(F)F)C(F)(F)F)cc(C)c1NC(=O)c1cccc(NC(=O)c2ccccc2Cl)c1F. The third kappa shape index (κ3) is 5.70. The number of aryl methyl sites for hydroxylation is 2. The zero-order valence-electron chi connectivity index (χ0n) is 20.1. The Balaban J connectivity index is 1.97. The summed E-state index contributed by atoms with van der Waals surface area (Å²) in [4.78, 5) is 25.4. The number of nitrogens with one attached hydrogen (secondary N) is 2. The Morgan fingerprint density at radius 2 is 1.38 bits per heavy atom. The molecule has 0 bridgehead atoms. The second-order valence-corrected chi connectivity index (χ2v) is 8.80. The number of anilines is 2. The number of carbonyl (C=O) groups excluding carboxylic acids is 2. The molecule has 2 N–H and O–H groups in total. The van der Waals surface area contributed by atoms with Gasteiger partial charge in [-0.2, -0.15) is 26.3 Å². The van der Waals surface area contributed by atoms with Crippen LogP contribution in [0.15, 0.2) is 54.6 Å². The van der Waals surface area contributed by atoms with Crippen molar-refractivity contribution in [2.45, 2.75) is 38.3 Å². The van der Waals surface area contributed by atoms with E-state index in [2.05, 4.69) is 10.6 Å². The predicted molar refractivity (Wildman–Crippen MR) is 129 cm³/mol. The molecule has 0 spiro atoms. The van der Waals surface area contributed by atoms with Crippen LogP contribution in [0.5, 0.6) is 0 Å². The van der Waals surface area contributed by atoms with Gasteiger partial charge in [-0.1, -0.05) is 42.8 Å². The molecule has 0 fully saturated rings. The van der Waals surface area contributed by atoms with Crippen molar-refractivity contribution >= 4 is 34.8 Å². The molecular weight excluding hydrogens is 560 g/mol. The van der Waals surface area contributed by atoms with Gasteiger partial charge in [0.25, 0.3) is 11.8 Å². The van der Waals surface area contributed by atoms with Gasteiger partial charge in [-0.25, -0.2) is 8.78 Å². The Labute approximate surface area is 222 Å². The fourth-order valence-electron chi connectivity index (χ4n) is 3.82. The highest BCUT2D eigenvalue weighted by Gasteiger charge is 2.73. The lowest BCUT2D eigenvalue weighted by atomic mass is 9.89. The van der Waals surface area contributed by atoms with E-state index in [0.29, 0.717) is 12.1 Å². The average Bonchev–Trinajstić information content (AvgIpc) is 2.84. The lowest BCUT2D eigenvalue weighted by molar-refractivity contribution is -0.348. The van der Waals surface area contributed by atoms with Gasteiger partial charge in [0.2, 0.25) is 0 Å². The molecule has 0 aromatic heterocycles. The van der Waals surface area contributed by atoms with E-state index in [-0.39, 0.29) is 33.8 Å². The number of carbonyl (C=O) groups is 2. The first-order valence-electron chi connectivity index (χ1n) is 11.1. The molecule has 0 atom stereocenters. The molecule has 0 saturated carbocycles. The molecule has 0 heterocycles. The molecule has 13 heteroatoms. The van der Waals surface area contributed by atoms with Gasteiger partial charge in [0, 0.05) is 11.3 Å². The van der Waals surface area contributed by atoms with E-state index >= 15 is 4.39 Å². The number of halogens is 9. The lowest BCUT2D eigenvalue weighted by Crippen LogP contribution is -2.50. The summed E-state index contributed by atoms with van der Waals surface area (Å²) in [6.45, 7) is 2.43. The van der Waals surface area contributed by atoms with Gasteiger partial charge in [0.15, 0.2) is 5.82 Å². The Kier molecular flexibility index (Phi) is 8.30. The van der Waals surface area contributed by atoms with Crippen LogP contribution in [0.2, 0.25) is 5.02 Å². The largest absolute Gasteiger partial charge is 0.435 e. The minimum Gasteiger partial charge on any atom is -0.321 e. The summed E-state index contributed by atoms with van der Waals surface area (Å²) in [6, 6.07) is 10.0. The Hall–Kier alpha value is -3.67. The second kappa shape index (κ2) is 10.8. The summed E-state index contributed by atoms with van der Waals surface area (Å²) >= 11 is 5.96. The first kappa shape index (κ1) is 29.9. The van der Waals surface area contributed by atoms with E-state index in [1.54, 1.807) is 6.07 Å². The van der Waals surface area contributed by atoms with Crippen LogP contribution in [0.3, 0.4) is 0 Å². The molecule has 3 aromatic rings. The van der Waals surface area contributed by atoms with Crippen LogP contribution in [-0.4, -0.2) is 24.2 Å². The van der Waals surface area contributed by atoms with E-state index in [1.807, 2.05) is 0 Å².